The van der Waals surface area contributed by atoms with Crippen LogP contribution in [0.2, 0.25) is 0 Å². The summed E-state index contributed by atoms with van der Waals surface area (Å²) in [7, 11) is 0. The third-order valence-corrected chi connectivity index (χ3v) is 14.1. The molecule has 6 nitrogen and oxygen atoms in total. The van der Waals surface area contributed by atoms with Crippen molar-refractivity contribution in [2.75, 3.05) is 13.2 Å². The van der Waals surface area contributed by atoms with E-state index in [1.807, 2.05) is 0 Å². The lowest BCUT2D eigenvalue weighted by Crippen LogP contribution is -2.30. The Morgan fingerprint density at radius 1 is 0.247 bits per heavy atom. The smallest absolute Gasteiger partial charge is 0.306 e. The maximum Gasteiger partial charge on any atom is 0.306 e. The fourth-order valence-corrected chi connectivity index (χ4v) is 9.21. The Labute approximate surface area is 500 Å². The zero-order valence-corrected chi connectivity index (χ0v) is 52.8. The first-order chi connectivity index (χ1) is 40.0. The van der Waals surface area contributed by atoms with Gasteiger partial charge >= 0.3 is 17.9 Å². The van der Waals surface area contributed by atoms with Gasteiger partial charge < -0.3 is 14.2 Å². The zero-order valence-electron chi connectivity index (χ0n) is 52.8. The van der Waals surface area contributed by atoms with Gasteiger partial charge in [0.1, 0.15) is 13.2 Å². The van der Waals surface area contributed by atoms with Crippen LogP contribution in [0.25, 0.3) is 0 Å². The van der Waals surface area contributed by atoms with E-state index in [0.29, 0.717) is 19.3 Å². The third kappa shape index (κ3) is 66.2. The van der Waals surface area contributed by atoms with Crippen LogP contribution < -0.4 is 0 Å². The third-order valence-electron chi connectivity index (χ3n) is 14.1. The van der Waals surface area contributed by atoms with E-state index in [2.05, 4.69) is 154 Å². The maximum atomic E-state index is 13.0. The number of hydrogen-bond donors (Lipinski definition) is 0. The number of carbonyl (C=O) groups is 3. The molecule has 460 valence electrons. The second-order valence-corrected chi connectivity index (χ2v) is 21.9. The topological polar surface area (TPSA) is 78.9 Å². The Morgan fingerprint density at radius 2 is 0.444 bits per heavy atom. The summed E-state index contributed by atoms with van der Waals surface area (Å²) in [6, 6.07) is 0. The van der Waals surface area contributed by atoms with Crippen LogP contribution in [-0.2, 0) is 28.6 Å². The van der Waals surface area contributed by atoms with Crippen molar-refractivity contribution in [2.45, 2.75) is 309 Å². The highest BCUT2D eigenvalue weighted by Gasteiger charge is 2.19. The average molecular weight is 1120 g/mol. The molecule has 0 aromatic carbocycles. The second kappa shape index (κ2) is 68.1. The summed E-state index contributed by atoms with van der Waals surface area (Å²) in [4.78, 5) is 38.5. The quantitative estimate of drug-likeness (QED) is 0.0261. The fourth-order valence-electron chi connectivity index (χ4n) is 9.21. The Morgan fingerprint density at radius 3 is 0.691 bits per heavy atom. The Balaban J connectivity index is 4.40. The predicted molar refractivity (Wildman–Crippen MR) is 353 cm³/mol. The summed E-state index contributed by atoms with van der Waals surface area (Å²) < 4.78 is 17.0. The molecule has 1 unspecified atom stereocenters. The van der Waals surface area contributed by atoms with Gasteiger partial charge in [-0.2, -0.15) is 0 Å². The Kier molecular flexibility index (Phi) is 64.3. The number of unbranched alkanes of at least 4 members (excludes halogenated alkanes) is 27. The van der Waals surface area contributed by atoms with Gasteiger partial charge in [0.05, 0.1) is 0 Å². The highest BCUT2D eigenvalue weighted by atomic mass is 16.6. The minimum atomic E-state index is -0.793. The Bertz CT molecular complexity index is 1720. The van der Waals surface area contributed by atoms with E-state index < -0.39 is 6.10 Å². The van der Waals surface area contributed by atoms with Crippen molar-refractivity contribution >= 4 is 17.9 Å². The molecule has 0 aromatic rings. The summed E-state index contributed by atoms with van der Waals surface area (Å²) in [6.45, 7) is 6.31. The lowest BCUT2D eigenvalue weighted by molar-refractivity contribution is -0.167. The van der Waals surface area contributed by atoms with Gasteiger partial charge in [-0.1, -0.05) is 289 Å². The van der Waals surface area contributed by atoms with E-state index in [4.69, 9.17) is 14.2 Å². The number of hydrogen-bond acceptors (Lipinski definition) is 6. The van der Waals surface area contributed by atoms with E-state index in [0.717, 1.165) is 135 Å². The molecular formula is C75H124O6. The first-order valence-corrected chi connectivity index (χ1v) is 33.7. The molecular weight excluding hydrogens is 997 g/mol. The molecule has 0 aromatic heterocycles. The highest BCUT2D eigenvalue weighted by molar-refractivity contribution is 5.71. The fraction of sp³-hybridized carbons (Fsp3) is 0.667. The largest absolute Gasteiger partial charge is 0.462 e. The molecule has 0 aliphatic carbocycles. The van der Waals surface area contributed by atoms with Gasteiger partial charge in [-0.15, -0.1) is 0 Å². The molecule has 0 radical (unpaired) electrons. The van der Waals surface area contributed by atoms with Crippen molar-refractivity contribution in [1.82, 2.24) is 0 Å². The number of rotatable bonds is 60. The van der Waals surface area contributed by atoms with E-state index in [1.54, 1.807) is 0 Å². The minimum absolute atomic E-state index is 0.0878. The van der Waals surface area contributed by atoms with Crippen LogP contribution in [0.3, 0.4) is 0 Å². The normalized spacial score (nSPS) is 13.0. The molecule has 0 amide bonds. The van der Waals surface area contributed by atoms with Crippen LogP contribution >= 0.6 is 0 Å². The van der Waals surface area contributed by atoms with E-state index in [9.17, 15) is 14.4 Å². The molecule has 0 saturated carbocycles. The molecule has 6 heteroatoms. The molecule has 0 saturated heterocycles. The van der Waals surface area contributed by atoms with E-state index >= 15 is 0 Å². The molecule has 0 spiro atoms. The summed E-state index contributed by atoms with van der Waals surface area (Å²) in [6.07, 6.45) is 96.0. The van der Waals surface area contributed by atoms with Gasteiger partial charge in [-0.3, -0.25) is 14.4 Å². The van der Waals surface area contributed by atoms with Gasteiger partial charge in [-0.25, -0.2) is 0 Å². The van der Waals surface area contributed by atoms with Crippen molar-refractivity contribution in [3.8, 4) is 0 Å². The summed E-state index contributed by atoms with van der Waals surface area (Å²) >= 11 is 0. The standard InChI is InChI=1S/C75H124O6/c1-4-7-10-13-16-19-22-25-28-31-33-35-37-39-41-44-47-50-53-56-59-62-65-68-74(77)80-71-72(70-79-73(76)67-64-61-58-55-52-49-46-43-30-27-24-21-18-15-12-9-6-3)81-75(78)69-66-63-60-57-54-51-48-45-42-40-38-36-34-32-29-26-23-20-17-14-11-8-5-2/h7-12,16-21,25-30,33-36,72H,4-6,13-15,22-24,31-32,37-71H2,1-3H3/b10-7-,11-8-,12-9-,19-16-,20-17-,21-18-,28-25-,29-26-,30-27-,35-33-,36-34-. The highest BCUT2D eigenvalue weighted by Crippen LogP contribution is 2.16. The average Bonchev–Trinajstić information content (AvgIpc) is 3.47. The van der Waals surface area contributed by atoms with E-state index in [1.165, 1.54) is 128 Å². The molecule has 81 heavy (non-hydrogen) atoms. The molecule has 0 rings (SSSR count). The van der Waals surface area contributed by atoms with Crippen LogP contribution in [0.1, 0.15) is 303 Å². The Hall–Kier alpha value is -4.45. The zero-order chi connectivity index (χ0) is 58.5. The molecule has 0 fully saturated rings. The van der Waals surface area contributed by atoms with Crippen molar-refractivity contribution in [3.63, 3.8) is 0 Å². The minimum Gasteiger partial charge on any atom is -0.462 e. The van der Waals surface area contributed by atoms with Crippen molar-refractivity contribution in [2.24, 2.45) is 0 Å². The van der Waals surface area contributed by atoms with Crippen molar-refractivity contribution in [1.29, 1.82) is 0 Å². The van der Waals surface area contributed by atoms with Gasteiger partial charge in [0.25, 0.3) is 0 Å². The van der Waals surface area contributed by atoms with Crippen molar-refractivity contribution < 1.29 is 28.6 Å². The summed E-state index contributed by atoms with van der Waals surface area (Å²) in [5.74, 6) is -0.899. The number of ether oxygens (including phenoxy) is 3. The predicted octanol–water partition coefficient (Wildman–Crippen LogP) is 23.3. The van der Waals surface area contributed by atoms with Crippen LogP contribution in [0, 0.1) is 0 Å². The van der Waals surface area contributed by atoms with Gasteiger partial charge in [0, 0.05) is 19.3 Å². The monoisotopic (exact) mass is 1120 g/mol. The van der Waals surface area contributed by atoms with Crippen LogP contribution in [-0.4, -0.2) is 37.2 Å². The molecule has 0 bridgehead atoms. The molecule has 1 atom stereocenters. The van der Waals surface area contributed by atoms with Crippen LogP contribution in [0.5, 0.6) is 0 Å². The summed E-state index contributed by atoms with van der Waals surface area (Å²) in [5.41, 5.74) is 0. The second-order valence-electron chi connectivity index (χ2n) is 21.9. The number of carbonyl (C=O) groups excluding carboxylic acids is 3. The van der Waals surface area contributed by atoms with Crippen molar-refractivity contribution in [3.05, 3.63) is 134 Å². The van der Waals surface area contributed by atoms with Gasteiger partial charge in [0.2, 0.25) is 0 Å². The number of allylic oxidation sites excluding steroid dienone is 22. The lowest BCUT2D eigenvalue weighted by atomic mass is 10.0. The SMILES string of the molecule is CC/C=C\C/C=C\C/C=C\C/C=C\CCCCCCCCCCCCC(=O)OCC(COC(=O)CCCCCCCCC/C=C\C/C=C\C/C=C\CC)OC(=O)CCCCCCCCCCCC/C=C\C/C=C\C/C=C\C/C=C\CC. The van der Waals surface area contributed by atoms with Crippen LogP contribution in [0.15, 0.2) is 134 Å². The first-order valence-electron chi connectivity index (χ1n) is 33.7. The lowest BCUT2D eigenvalue weighted by Gasteiger charge is -2.18. The maximum absolute atomic E-state index is 13.0. The molecule has 0 aliphatic heterocycles. The summed E-state index contributed by atoms with van der Waals surface area (Å²) in [5, 5.41) is 0. The molecule has 0 N–H and O–H groups in total. The number of esters is 3. The van der Waals surface area contributed by atoms with Crippen LogP contribution in [0.4, 0.5) is 0 Å². The van der Waals surface area contributed by atoms with Gasteiger partial charge in [-0.05, 0) is 128 Å². The molecule has 0 aliphatic rings. The molecule has 0 heterocycles. The first kappa shape index (κ1) is 76.5. The van der Waals surface area contributed by atoms with E-state index in [-0.39, 0.29) is 31.1 Å². The van der Waals surface area contributed by atoms with Gasteiger partial charge in [0.15, 0.2) is 6.10 Å².